The van der Waals surface area contributed by atoms with Crippen molar-refractivity contribution in [1.82, 2.24) is 5.32 Å². The molecule has 0 radical (unpaired) electrons. The van der Waals surface area contributed by atoms with Crippen molar-refractivity contribution < 1.29 is 14.4 Å². The Hall–Kier alpha value is -4.33. The van der Waals surface area contributed by atoms with E-state index in [4.69, 9.17) is 11.6 Å². The van der Waals surface area contributed by atoms with Crippen LogP contribution in [0.15, 0.2) is 108 Å². The normalized spacial score (nSPS) is 11.9. The number of thioether (sulfide) groups is 1. The molecule has 0 saturated carbocycles. The molecule has 1 unspecified atom stereocenters. The summed E-state index contributed by atoms with van der Waals surface area (Å²) in [7, 11) is 0. The number of halogens is 1. The van der Waals surface area contributed by atoms with Crippen molar-refractivity contribution in [1.29, 1.82) is 0 Å². The number of aryl methyl sites for hydroxylation is 1. The Labute approximate surface area is 249 Å². The van der Waals surface area contributed by atoms with Crippen LogP contribution in [0.5, 0.6) is 0 Å². The first kappa shape index (κ1) is 29.6. The Kier molecular flexibility index (Phi) is 10.0. The van der Waals surface area contributed by atoms with Crippen molar-refractivity contribution in [3.8, 4) is 0 Å². The van der Waals surface area contributed by atoms with Crippen LogP contribution in [-0.4, -0.2) is 23.0 Å². The maximum absolute atomic E-state index is 13.4. The molecular weight excluding hydrogens is 554 g/mol. The van der Waals surface area contributed by atoms with Crippen molar-refractivity contribution in [2.24, 2.45) is 0 Å². The first-order valence-corrected chi connectivity index (χ1v) is 14.2. The maximum atomic E-state index is 13.4. The van der Waals surface area contributed by atoms with Crippen LogP contribution in [0.1, 0.15) is 34.0 Å². The van der Waals surface area contributed by atoms with Crippen molar-refractivity contribution in [2.45, 2.75) is 30.9 Å². The predicted octanol–water partition coefficient (Wildman–Crippen LogP) is 7.49. The molecule has 0 aliphatic carbocycles. The molecule has 4 aromatic rings. The summed E-state index contributed by atoms with van der Waals surface area (Å²) in [5.41, 5.74) is 4.47. The molecule has 3 N–H and O–H groups in total. The molecule has 0 fully saturated rings. The van der Waals surface area contributed by atoms with E-state index in [2.05, 4.69) is 16.0 Å². The Balaban J connectivity index is 1.49. The second-order valence-electron chi connectivity index (χ2n) is 9.38. The van der Waals surface area contributed by atoms with E-state index in [1.54, 1.807) is 66.7 Å². The summed E-state index contributed by atoms with van der Waals surface area (Å²) in [6, 6.07) is 28.7. The van der Waals surface area contributed by atoms with Gasteiger partial charge in [0, 0.05) is 26.9 Å². The average Bonchev–Trinajstić information content (AvgIpc) is 2.96. The number of hydrogen-bond donors (Lipinski definition) is 3. The van der Waals surface area contributed by atoms with E-state index >= 15 is 0 Å². The van der Waals surface area contributed by atoms with Gasteiger partial charge >= 0.3 is 0 Å². The highest BCUT2D eigenvalue weighted by Gasteiger charge is 2.18. The lowest BCUT2D eigenvalue weighted by Gasteiger charge is -2.15. The monoisotopic (exact) mass is 583 g/mol. The standard InChI is InChI=1S/C33H30ClN3O3S/c1-21-11-9-18-29(22(21)2)36-31(38)23(3)41-27-16-10-15-26(20-27)35-33(40)30(19-25-14-7-8-17-28(25)34)37-32(39)24-12-5-4-6-13-24/h4-20,23H,1-3H3,(H,35,40)(H,36,38)(H,37,39)/b30-19+. The number of nitrogens with one attached hydrogen (secondary N) is 3. The Morgan fingerprint density at radius 1 is 0.829 bits per heavy atom. The molecule has 0 aliphatic heterocycles. The molecule has 41 heavy (non-hydrogen) atoms. The lowest BCUT2D eigenvalue weighted by atomic mass is 10.1. The molecule has 0 aromatic heterocycles. The van der Waals surface area contributed by atoms with Crippen LogP contribution < -0.4 is 16.0 Å². The molecule has 4 rings (SSSR count). The van der Waals surface area contributed by atoms with Gasteiger partial charge in [-0.1, -0.05) is 66.2 Å². The van der Waals surface area contributed by atoms with E-state index < -0.39 is 11.8 Å². The molecule has 8 heteroatoms. The minimum absolute atomic E-state index is 0.0336. The van der Waals surface area contributed by atoms with Gasteiger partial charge in [-0.3, -0.25) is 14.4 Å². The van der Waals surface area contributed by atoms with Gasteiger partial charge in [0.2, 0.25) is 5.91 Å². The number of rotatable bonds is 9. The molecule has 0 aliphatic rings. The summed E-state index contributed by atoms with van der Waals surface area (Å²) in [5, 5.41) is 8.63. The van der Waals surface area contributed by atoms with Gasteiger partial charge in [-0.05, 0) is 86.0 Å². The van der Waals surface area contributed by atoms with Crippen LogP contribution in [0, 0.1) is 13.8 Å². The van der Waals surface area contributed by atoms with E-state index in [1.165, 1.54) is 17.8 Å². The molecule has 208 valence electrons. The van der Waals surface area contributed by atoms with Gasteiger partial charge in [0.25, 0.3) is 11.8 Å². The fourth-order valence-corrected chi connectivity index (χ4v) is 5.03. The lowest BCUT2D eigenvalue weighted by molar-refractivity contribution is -0.115. The average molecular weight is 584 g/mol. The number of carbonyl (C=O) groups excluding carboxylic acids is 3. The Bertz CT molecular complexity index is 1600. The molecule has 3 amide bonds. The van der Waals surface area contributed by atoms with E-state index in [1.807, 2.05) is 51.1 Å². The van der Waals surface area contributed by atoms with Crippen LogP contribution >= 0.6 is 23.4 Å². The predicted molar refractivity (Wildman–Crippen MR) is 168 cm³/mol. The minimum Gasteiger partial charge on any atom is -0.325 e. The van der Waals surface area contributed by atoms with Crippen LogP contribution in [0.25, 0.3) is 6.08 Å². The molecular formula is C33H30ClN3O3S. The second-order valence-corrected chi connectivity index (χ2v) is 11.2. The highest BCUT2D eigenvalue weighted by Crippen LogP contribution is 2.28. The highest BCUT2D eigenvalue weighted by atomic mass is 35.5. The van der Waals surface area contributed by atoms with E-state index in [0.29, 0.717) is 21.8 Å². The van der Waals surface area contributed by atoms with Crippen LogP contribution in [0.2, 0.25) is 5.02 Å². The van der Waals surface area contributed by atoms with E-state index in [0.717, 1.165) is 21.7 Å². The van der Waals surface area contributed by atoms with Crippen molar-refractivity contribution in [3.63, 3.8) is 0 Å². The Morgan fingerprint density at radius 3 is 2.29 bits per heavy atom. The number of benzene rings is 4. The van der Waals surface area contributed by atoms with Gasteiger partial charge in [-0.25, -0.2) is 0 Å². The zero-order valence-electron chi connectivity index (χ0n) is 22.9. The largest absolute Gasteiger partial charge is 0.325 e. The highest BCUT2D eigenvalue weighted by molar-refractivity contribution is 8.00. The van der Waals surface area contributed by atoms with Crippen LogP contribution in [0.3, 0.4) is 0 Å². The third-order valence-corrected chi connectivity index (χ3v) is 7.81. The smallest absolute Gasteiger partial charge is 0.272 e. The van der Waals surface area contributed by atoms with Gasteiger partial charge < -0.3 is 16.0 Å². The molecule has 0 heterocycles. The summed E-state index contributed by atoms with van der Waals surface area (Å²) in [6.07, 6.45) is 1.54. The van der Waals surface area contributed by atoms with Gasteiger partial charge in [0.1, 0.15) is 5.70 Å². The molecule has 0 saturated heterocycles. The van der Waals surface area contributed by atoms with E-state index in [9.17, 15) is 14.4 Å². The van der Waals surface area contributed by atoms with Gasteiger partial charge in [-0.15, -0.1) is 11.8 Å². The van der Waals surface area contributed by atoms with Gasteiger partial charge in [0.05, 0.1) is 5.25 Å². The molecule has 4 aromatic carbocycles. The lowest BCUT2D eigenvalue weighted by Crippen LogP contribution is -2.30. The van der Waals surface area contributed by atoms with Gasteiger partial charge in [0.15, 0.2) is 0 Å². The number of amides is 3. The molecule has 6 nitrogen and oxygen atoms in total. The Morgan fingerprint density at radius 2 is 1.54 bits per heavy atom. The topological polar surface area (TPSA) is 87.3 Å². The van der Waals surface area contributed by atoms with Gasteiger partial charge in [-0.2, -0.15) is 0 Å². The third kappa shape index (κ3) is 8.10. The molecule has 0 bridgehead atoms. The van der Waals surface area contributed by atoms with Crippen molar-refractivity contribution in [3.05, 3.63) is 130 Å². The summed E-state index contributed by atoms with van der Waals surface area (Å²) in [5.74, 6) is -1.06. The first-order chi connectivity index (χ1) is 19.7. The van der Waals surface area contributed by atoms with Crippen molar-refractivity contribution in [2.75, 3.05) is 10.6 Å². The quantitative estimate of drug-likeness (QED) is 0.141. The second kappa shape index (κ2) is 13.8. The first-order valence-electron chi connectivity index (χ1n) is 13.0. The summed E-state index contributed by atoms with van der Waals surface area (Å²) < 4.78 is 0. The fraction of sp³-hybridized carbons (Fsp3) is 0.121. The summed E-state index contributed by atoms with van der Waals surface area (Å²) in [4.78, 5) is 40.0. The van der Waals surface area contributed by atoms with E-state index in [-0.39, 0.29) is 16.9 Å². The summed E-state index contributed by atoms with van der Waals surface area (Å²) in [6.45, 7) is 5.82. The number of carbonyl (C=O) groups is 3. The van der Waals surface area contributed by atoms with Crippen LogP contribution in [0.4, 0.5) is 11.4 Å². The number of hydrogen-bond acceptors (Lipinski definition) is 4. The third-order valence-electron chi connectivity index (χ3n) is 6.37. The SMILES string of the molecule is Cc1cccc(NC(=O)C(C)Sc2cccc(NC(=O)/C(=C\c3ccccc3Cl)NC(=O)c3ccccc3)c2)c1C. The maximum Gasteiger partial charge on any atom is 0.272 e. The van der Waals surface area contributed by atoms with Crippen molar-refractivity contribution >= 4 is 58.5 Å². The molecule has 0 spiro atoms. The summed E-state index contributed by atoms with van der Waals surface area (Å²) >= 11 is 7.70. The van der Waals surface area contributed by atoms with Crippen LogP contribution in [-0.2, 0) is 9.59 Å². The zero-order valence-corrected chi connectivity index (χ0v) is 24.5. The zero-order chi connectivity index (χ0) is 29.4. The molecule has 1 atom stereocenters. The number of anilines is 2. The minimum atomic E-state index is -0.517. The fourth-order valence-electron chi connectivity index (χ4n) is 3.91.